The van der Waals surface area contributed by atoms with Gasteiger partial charge in [0.15, 0.2) is 0 Å². The van der Waals surface area contributed by atoms with E-state index in [4.69, 9.17) is 0 Å². The first-order valence-electron chi connectivity index (χ1n) is 8.25. The third-order valence-corrected chi connectivity index (χ3v) is 3.99. The summed E-state index contributed by atoms with van der Waals surface area (Å²) in [5.74, 6) is 0. The molecular weight excluding hydrogens is 302 g/mol. The summed E-state index contributed by atoms with van der Waals surface area (Å²) in [6.07, 6.45) is 3.81. The van der Waals surface area contributed by atoms with Crippen molar-refractivity contribution in [3.63, 3.8) is 0 Å². The molecule has 0 aliphatic carbocycles. The smallest absolute Gasteiger partial charge is 0.0766 e. The van der Waals surface area contributed by atoms with Crippen LogP contribution in [0.1, 0.15) is 43.2 Å². The molecule has 0 aliphatic heterocycles. The molecule has 2 nitrogen and oxygen atoms in total. The second kappa shape index (κ2) is 15.3. The van der Waals surface area contributed by atoms with Gasteiger partial charge in [-0.1, -0.05) is 64.1 Å². The molecule has 0 unspecified atom stereocenters. The minimum Gasteiger partial charge on any atom is -0.505 e. The predicted molar refractivity (Wildman–Crippen MR) is 104 cm³/mol. The molecule has 0 saturated carbocycles. The Morgan fingerprint density at radius 2 is 1.78 bits per heavy atom. The fraction of sp³-hybridized carbons (Fsp3) is 0.400. The van der Waals surface area contributed by atoms with Gasteiger partial charge >= 0.3 is 0 Å². The zero-order chi connectivity index (χ0) is 17.3. The average molecular weight is 334 g/mol. The van der Waals surface area contributed by atoms with Crippen molar-refractivity contribution in [1.82, 2.24) is 5.32 Å². The van der Waals surface area contributed by atoms with Crippen LogP contribution in [-0.4, -0.2) is 7.11 Å². The Labute approximate surface area is 146 Å². The molecule has 0 saturated heterocycles. The molecule has 2 aromatic rings. The molecule has 128 valence electrons. The summed E-state index contributed by atoms with van der Waals surface area (Å²) in [6, 6.07) is 12.8. The van der Waals surface area contributed by atoms with E-state index >= 15 is 0 Å². The van der Waals surface area contributed by atoms with E-state index in [0.29, 0.717) is 0 Å². The summed E-state index contributed by atoms with van der Waals surface area (Å²) < 4.78 is 4.31. The first kappa shape index (κ1) is 21.4. The highest BCUT2D eigenvalue weighted by Gasteiger charge is 2.02. The number of hydrogen-bond acceptors (Lipinski definition) is 3. The topological polar surface area (TPSA) is 21.3 Å². The van der Waals surface area contributed by atoms with E-state index in [9.17, 15) is 0 Å². The molecule has 0 spiro atoms. The summed E-state index contributed by atoms with van der Waals surface area (Å²) >= 11 is 1.88. The molecule has 1 N–H and O–H groups in total. The first-order valence-corrected chi connectivity index (χ1v) is 9.13. The lowest BCUT2D eigenvalue weighted by atomic mass is 10.2. The number of nitrogens with one attached hydrogen (secondary N) is 1. The van der Waals surface area contributed by atoms with Crippen molar-refractivity contribution < 1.29 is 4.74 Å². The lowest BCUT2D eigenvalue weighted by Crippen LogP contribution is -2.12. The Morgan fingerprint density at radius 3 is 2.35 bits per heavy atom. The molecule has 0 aliphatic rings. The summed E-state index contributed by atoms with van der Waals surface area (Å²) in [4.78, 5) is 1.54. The highest BCUT2D eigenvalue weighted by atomic mass is 32.1. The number of thiophene rings is 1. The average Bonchev–Trinajstić information content (AvgIpc) is 3.05. The zero-order valence-electron chi connectivity index (χ0n) is 15.0. The van der Waals surface area contributed by atoms with Gasteiger partial charge in [0.1, 0.15) is 0 Å². The van der Waals surface area contributed by atoms with E-state index in [2.05, 4.69) is 65.3 Å². The Balaban J connectivity index is 0.000000705. The Kier molecular flexibility index (Phi) is 14.3. The van der Waals surface area contributed by atoms with Crippen LogP contribution < -0.4 is 5.32 Å². The van der Waals surface area contributed by atoms with Gasteiger partial charge in [0.25, 0.3) is 0 Å². The quantitative estimate of drug-likeness (QED) is 0.647. The third kappa shape index (κ3) is 9.93. The standard InChI is InChI=1S/C15H19NS.C3H6O.C2H6/c1-2-6-15-14(9-10-17-15)12-16-11-13-7-4-3-5-8-13;1-3-4-2;1-2/h3-5,7-10,16H,2,6,11-12H2,1H3;3H,1H2,2H3;1-2H3. The second-order valence-electron chi connectivity index (χ2n) is 4.61. The van der Waals surface area contributed by atoms with Crippen LogP contribution in [0.2, 0.25) is 0 Å². The molecule has 2 rings (SSSR count). The summed E-state index contributed by atoms with van der Waals surface area (Å²) in [5, 5.41) is 5.71. The van der Waals surface area contributed by atoms with E-state index in [1.807, 2.05) is 25.2 Å². The molecule has 0 fully saturated rings. The minimum absolute atomic E-state index is 0.947. The van der Waals surface area contributed by atoms with E-state index in [0.717, 1.165) is 13.1 Å². The van der Waals surface area contributed by atoms with Gasteiger partial charge in [-0.15, -0.1) is 11.3 Å². The largest absolute Gasteiger partial charge is 0.505 e. The number of ether oxygens (including phenoxy) is 1. The monoisotopic (exact) mass is 333 g/mol. The predicted octanol–water partition coefficient (Wildman–Crippen LogP) is 5.79. The van der Waals surface area contributed by atoms with Crippen molar-refractivity contribution in [1.29, 1.82) is 0 Å². The number of benzene rings is 1. The molecule has 1 aromatic carbocycles. The van der Waals surface area contributed by atoms with Gasteiger partial charge in [-0.2, -0.15) is 0 Å². The fourth-order valence-electron chi connectivity index (χ4n) is 1.91. The Morgan fingerprint density at radius 1 is 1.13 bits per heavy atom. The maximum atomic E-state index is 4.31. The van der Waals surface area contributed by atoms with Gasteiger partial charge in [0.2, 0.25) is 0 Å². The van der Waals surface area contributed by atoms with Crippen LogP contribution >= 0.6 is 11.3 Å². The van der Waals surface area contributed by atoms with Gasteiger partial charge in [-0.25, -0.2) is 0 Å². The molecule has 0 amide bonds. The maximum absolute atomic E-state index is 4.31. The van der Waals surface area contributed by atoms with Crippen molar-refractivity contribution in [2.75, 3.05) is 7.11 Å². The highest BCUT2D eigenvalue weighted by Crippen LogP contribution is 2.18. The molecule has 3 heteroatoms. The van der Waals surface area contributed by atoms with Crippen molar-refractivity contribution >= 4 is 11.3 Å². The fourth-order valence-corrected chi connectivity index (χ4v) is 2.92. The molecule has 23 heavy (non-hydrogen) atoms. The van der Waals surface area contributed by atoms with Gasteiger partial charge in [-0.05, 0) is 29.0 Å². The van der Waals surface area contributed by atoms with Crippen molar-refractivity contribution in [2.24, 2.45) is 0 Å². The van der Waals surface area contributed by atoms with Crippen LogP contribution in [0, 0.1) is 0 Å². The minimum atomic E-state index is 0.947. The van der Waals surface area contributed by atoms with Crippen LogP contribution in [0.4, 0.5) is 0 Å². The summed E-state index contributed by atoms with van der Waals surface area (Å²) in [7, 11) is 1.56. The second-order valence-corrected chi connectivity index (χ2v) is 5.61. The number of aryl methyl sites for hydroxylation is 1. The molecule has 0 bridgehead atoms. The zero-order valence-corrected chi connectivity index (χ0v) is 15.8. The van der Waals surface area contributed by atoms with Crippen LogP contribution in [0.15, 0.2) is 54.6 Å². The van der Waals surface area contributed by atoms with E-state index in [-0.39, 0.29) is 0 Å². The number of hydrogen-bond donors (Lipinski definition) is 1. The third-order valence-electron chi connectivity index (χ3n) is 2.97. The molecular formula is C20H31NOS. The van der Waals surface area contributed by atoms with Gasteiger partial charge in [0, 0.05) is 18.0 Å². The SMILES string of the molecule is C=COC.CC.CCCc1sccc1CNCc1ccccc1. The number of rotatable bonds is 7. The van der Waals surface area contributed by atoms with Crippen LogP contribution in [0.5, 0.6) is 0 Å². The van der Waals surface area contributed by atoms with Crippen LogP contribution in [0.25, 0.3) is 0 Å². The normalized spacial score (nSPS) is 9.04. The van der Waals surface area contributed by atoms with Crippen molar-refractivity contribution in [3.8, 4) is 0 Å². The maximum Gasteiger partial charge on any atom is 0.0766 e. The van der Waals surface area contributed by atoms with E-state index in [1.54, 1.807) is 7.11 Å². The van der Waals surface area contributed by atoms with Gasteiger partial charge in [0.05, 0.1) is 13.4 Å². The lowest BCUT2D eigenvalue weighted by Gasteiger charge is -2.05. The highest BCUT2D eigenvalue weighted by molar-refractivity contribution is 7.10. The van der Waals surface area contributed by atoms with E-state index < -0.39 is 0 Å². The van der Waals surface area contributed by atoms with Crippen LogP contribution in [0.3, 0.4) is 0 Å². The summed E-state index contributed by atoms with van der Waals surface area (Å²) in [5.41, 5.74) is 2.81. The van der Waals surface area contributed by atoms with Gasteiger partial charge in [-0.3, -0.25) is 0 Å². The molecule has 0 atom stereocenters. The van der Waals surface area contributed by atoms with Gasteiger partial charge < -0.3 is 10.1 Å². The molecule has 1 aromatic heterocycles. The van der Waals surface area contributed by atoms with Crippen LogP contribution in [-0.2, 0) is 24.2 Å². The molecule has 1 heterocycles. The molecule has 0 radical (unpaired) electrons. The van der Waals surface area contributed by atoms with Crippen molar-refractivity contribution in [3.05, 3.63) is 70.6 Å². The van der Waals surface area contributed by atoms with Crippen molar-refractivity contribution in [2.45, 2.75) is 46.7 Å². The number of methoxy groups -OCH3 is 1. The Hall–Kier alpha value is -1.58. The Bertz CT molecular complexity index is 493. The van der Waals surface area contributed by atoms with E-state index in [1.165, 1.54) is 35.1 Å². The lowest BCUT2D eigenvalue weighted by molar-refractivity contribution is 0.339. The summed E-state index contributed by atoms with van der Waals surface area (Å²) in [6.45, 7) is 11.4. The first-order chi connectivity index (χ1) is 11.3.